The second-order valence-corrected chi connectivity index (χ2v) is 8.38. The summed E-state index contributed by atoms with van der Waals surface area (Å²) in [6.07, 6.45) is 4.35. The summed E-state index contributed by atoms with van der Waals surface area (Å²) in [7, 11) is 2.07. The van der Waals surface area contributed by atoms with E-state index in [-0.39, 0.29) is 12.0 Å². The minimum Gasteiger partial charge on any atom is -0.466 e. The van der Waals surface area contributed by atoms with Crippen molar-refractivity contribution in [3.8, 4) is 0 Å². The van der Waals surface area contributed by atoms with Crippen molar-refractivity contribution < 1.29 is 9.53 Å². The molecule has 5 nitrogen and oxygen atoms in total. The predicted molar refractivity (Wildman–Crippen MR) is 139 cm³/mol. The lowest BCUT2D eigenvalue weighted by Crippen LogP contribution is -2.24. The third-order valence-corrected chi connectivity index (χ3v) is 5.58. The van der Waals surface area contributed by atoms with E-state index in [9.17, 15) is 4.79 Å². The SMILES string of the molecule is CC.CCCC(CC(=O)OCC)Nc1ccccc1NCc1cc(Br)cc2ccn(C)c12. The lowest BCUT2D eigenvalue weighted by atomic mass is 10.1. The van der Waals surface area contributed by atoms with Gasteiger partial charge in [-0.15, -0.1) is 0 Å². The zero-order chi connectivity index (χ0) is 23.5. The molecule has 1 atom stereocenters. The lowest BCUT2D eigenvalue weighted by Gasteiger charge is -2.21. The number of carbonyl (C=O) groups excluding carboxylic acids is 1. The van der Waals surface area contributed by atoms with Gasteiger partial charge in [0.05, 0.1) is 29.9 Å². The quantitative estimate of drug-likeness (QED) is 0.290. The highest BCUT2D eigenvalue weighted by Gasteiger charge is 2.16. The summed E-state index contributed by atoms with van der Waals surface area (Å²) in [5, 5.41) is 8.35. The van der Waals surface area contributed by atoms with Crippen molar-refractivity contribution in [1.29, 1.82) is 0 Å². The van der Waals surface area contributed by atoms with E-state index in [1.807, 2.05) is 32.9 Å². The Labute approximate surface area is 200 Å². The number of para-hydroxylation sites is 2. The van der Waals surface area contributed by atoms with Crippen LogP contribution in [0.5, 0.6) is 0 Å². The molecular weight excluding hydrogens is 466 g/mol. The van der Waals surface area contributed by atoms with Gasteiger partial charge in [-0.25, -0.2) is 0 Å². The van der Waals surface area contributed by atoms with Gasteiger partial charge in [-0.05, 0) is 49.2 Å². The fourth-order valence-electron chi connectivity index (χ4n) is 3.81. The average molecular weight is 502 g/mol. The summed E-state index contributed by atoms with van der Waals surface area (Å²) < 4.78 is 8.37. The number of aromatic nitrogens is 1. The molecule has 1 aromatic heterocycles. The molecule has 0 spiro atoms. The molecule has 2 aromatic carbocycles. The van der Waals surface area contributed by atoms with Crippen molar-refractivity contribution in [3.63, 3.8) is 0 Å². The molecule has 0 fully saturated rings. The molecule has 3 aromatic rings. The molecule has 0 radical (unpaired) electrons. The number of benzene rings is 2. The van der Waals surface area contributed by atoms with Gasteiger partial charge >= 0.3 is 5.97 Å². The van der Waals surface area contributed by atoms with Gasteiger partial charge in [0.1, 0.15) is 0 Å². The van der Waals surface area contributed by atoms with Crippen LogP contribution in [-0.4, -0.2) is 23.2 Å². The third kappa shape index (κ3) is 7.02. The number of anilines is 2. The molecular formula is C26H36BrN3O2. The Kier molecular flexibility index (Phi) is 10.6. The Morgan fingerprint density at radius 2 is 1.84 bits per heavy atom. The van der Waals surface area contributed by atoms with Crippen molar-refractivity contribution >= 4 is 44.2 Å². The Balaban J connectivity index is 0.00000176. The fraction of sp³-hybridized carbons (Fsp3) is 0.423. The smallest absolute Gasteiger partial charge is 0.307 e. The van der Waals surface area contributed by atoms with E-state index in [2.05, 4.69) is 81.6 Å². The maximum absolute atomic E-state index is 12.0. The molecule has 1 unspecified atom stereocenters. The first-order chi connectivity index (χ1) is 15.5. The first-order valence-electron chi connectivity index (χ1n) is 11.5. The van der Waals surface area contributed by atoms with Crippen LogP contribution in [0.3, 0.4) is 0 Å². The summed E-state index contributed by atoms with van der Waals surface area (Å²) >= 11 is 3.63. The number of halogens is 1. The number of fused-ring (bicyclic) bond motifs is 1. The summed E-state index contributed by atoms with van der Waals surface area (Å²) in [6, 6.07) is 14.6. The molecule has 0 amide bonds. The molecule has 174 valence electrons. The van der Waals surface area contributed by atoms with Gasteiger partial charge in [0.25, 0.3) is 0 Å². The fourth-order valence-corrected chi connectivity index (χ4v) is 4.33. The number of rotatable bonds is 10. The molecule has 0 saturated heterocycles. The van der Waals surface area contributed by atoms with Crippen molar-refractivity contribution in [2.45, 2.75) is 59.5 Å². The van der Waals surface area contributed by atoms with E-state index in [1.165, 1.54) is 16.5 Å². The van der Waals surface area contributed by atoms with Gasteiger partial charge in [-0.1, -0.05) is 55.3 Å². The van der Waals surface area contributed by atoms with Crippen molar-refractivity contribution in [2.24, 2.45) is 7.05 Å². The molecule has 2 N–H and O–H groups in total. The number of carbonyl (C=O) groups is 1. The number of aryl methyl sites for hydroxylation is 1. The third-order valence-electron chi connectivity index (χ3n) is 5.13. The Hall–Kier alpha value is -2.47. The lowest BCUT2D eigenvalue weighted by molar-refractivity contribution is -0.143. The van der Waals surface area contributed by atoms with Crippen LogP contribution in [0, 0.1) is 0 Å². The van der Waals surface area contributed by atoms with Crippen LogP contribution in [0.15, 0.2) is 53.1 Å². The number of hydrogen-bond donors (Lipinski definition) is 2. The Morgan fingerprint density at radius 3 is 2.53 bits per heavy atom. The maximum Gasteiger partial charge on any atom is 0.307 e. The minimum absolute atomic E-state index is 0.0439. The molecule has 0 aliphatic rings. The minimum atomic E-state index is -0.158. The maximum atomic E-state index is 12.0. The van der Waals surface area contributed by atoms with Crippen LogP contribution in [-0.2, 0) is 23.1 Å². The van der Waals surface area contributed by atoms with Gasteiger partial charge in [0, 0.05) is 35.7 Å². The van der Waals surface area contributed by atoms with E-state index < -0.39 is 0 Å². The monoisotopic (exact) mass is 501 g/mol. The first-order valence-corrected chi connectivity index (χ1v) is 12.3. The normalized spacial score (nSPS) is 11.4. The topological polar surface area (TPSA) is 55.3 Å². The molecule has 6 heteroatoms. The van der Waals surface area contributed by atoms with Crippen LogP contribution in [0.4, 0.5) is 11.4 Å². The molecule has 3 rings (SSSR count). The van der Waals surface area contributed by atoms with Crippen LogP contribution in [0.25, 0.3) is 10.9 Å². The summed E-state index contributed by atoms with van der Waals surface area (Å²) in [4.78, 5) is 12.0. The highest BCUT2D eigenvalue weighted by atomic mass is 79.9. The zero-order valence-electron chi connectivity index (χ0n) is 19.9. The van der Waals surface area contributed by atoms with Crippen molar-refractivity contribution in [3.05, 3.63) is 58.7 Å². The number of hydrogen-bond acceptors (Lipinski definition) is 4. The number of nitrogens with zero attached hydrogens (tertiary/aromatic N) is 1. The van der Waals surface area contributed by atoms with Crippen molar-refractivity contribution in [2.75, 3.05) is 17.2 Å². The summed E-state index contributed by atoms with van der Waals surface area (Å²) in [5.41, 5.74) is 4.46. The van der Waals surface area contributed by atoms with Crippen LogP contribution < -0.4 is 10.6 Å². The van der Waals surface area contributed by atoms with Gasteiger partial charge in [-0.2, -0.15) is 0 Å². The number of ether oxygens (including phenoxy) is 1. The second kappa shape index (κ2) is 13.2. The van der Waals surface area contributed by atoms with E-state index >= 15 is 0 Å². The van der Waals surface area contributed by atoms with Crippen LogP contribution in [0.1, 0.15) is 52.5 Å². The average Bonchev–Trinajstić information content (AvgIpc) is 3.15. The molecule has 0 aliphatic carbocycles. The molecule has 0 aliphatic heterocycles. The number of nitrogens with one attached hydrogen (secondary N) is 2. The highest BCUT2D eigenvalue weighted by molar-refractivity contribution is 9.10. The van der Waals surface area contributed by atoms with Gasteiger partial charge < -0.3 is 19.9 Å². The van der Waals surface area contributed by atoms with Crippen molar-refractivity contribution in [1.82, 2.24) is 4.57 Å². The zero-order valence-corrected chi connectivity index (χ0v) is 21.5. The molecule has 1 heterocycles. The van der Waals surface area contributed by atoms with E-state index in [4.69, 9.17) is 4.74 Å². The predicted octanol–water partition coefficient (Wildman–Crippen LogP) is 7.11. The Bertz CT molecular complexity index is 1000. The van der Waals surface area contributed by atoms with E-state index in [0.29, 0.717) is 19.6 Å². The highest BCUT2D eigenvalue weighted by Crippen LogP contribution is 2.28. The first kappa shape index (κ1) is 25.8. The van der Waals surface area contributed by atoms with E-state index in [0.717, 1.165) is 28.7 Å². The molecule has 32 heavy (non-hydrogen) atoms. The molecule has 0 saturated carbocycles. The largest absolute Gasteiger partial charge is 0.466 e. The van der Waals surface area contributed by atoms with Crippen LogP contribution in [0.2, 0.25) is 0 Å². The van der Waals surface area contributed by atoms with Gasteiger partial charge in [0.15, 0.2) is 0 Å². The van der Waals surface area contributed by atoms with Crippen LogP contribution >= 0.6 is 15.9 Å². The second-order valence-electron chi connectivity index (χ2n) is 7.47. The van der Waals surface area contributed by atoms with Gasteiger partial charge in [-0.3, -0.25) is 4.79 Å². The summed E-state index contributed by atoms with van der Waals surface area (Å²) in [6.45, 7) is 9.08. The van der Waals surface area contributed by atoms with E-state index in [1.54, 1.807) is 0 Å². The molecule has 0 bridgehead atoms. The Morgan fingerprint density at radius 1 is 1.12 bits per heavy atom. The standard InChI is InChI=1S/C24H30BrN3O2.C2H6/c1-4-8-20(15-23(29)30-5-2)27-22-10-7-6-9-21(22)26-16-18-14-19(25)13-17-11-12-28(3)24(17)18;1-2/h6-7,9-14,20,26-27H,4-5,8,15-16H2,1-3H3;1-2H3. The van der Waals surface area contributed by atoms with Gasteiger partial charge in [0.2, 0.25) is 0 Å². The summed E-state index contributed by atoms with van der Waals surface area (Å²) in [5.74, 6) is -0.158. The number of esters is 1.